The van der Waals surface area contributed by atoms with Crippen LogP contribution in [0.15, 0.2) is 66.9 Å². The number of hydrogen-bond donors (Lipinski definition) is 1. The highest BCUT2D eigenvalue weighted by molar-refractivity contribution is 6.12. The van der Waals surface area contributed by atoms with E-state index in [1.807, 2.05) is 73.9 Å². The van der Waals surface area contributed by atoms with Crippen LogP contribution in [-0.4, -0.2) is 35.7 Å². The molecule has 4 heterocycles. The van der Waals surface area contributed by atoms with E-state index in [1.54, 1.807) is 9.58 Å². The van der Waals surface area contributed by atoms with Gasteiger partial charge >= 0.3 is 0 Å². The summed E-state index contributed by atoms with van der Waals surface area (Å²) >= 11 is 0. The van der Waals surface area contributed by atoms with Crippen molar-refractivity contribution in [2.45, 2.75) is 12.6 Å². The molecule has 3 aliphatic rings. The molecule has 37 heavy (non-hydrogen) atoms. The Kier molecular flexibility index (Phi) is 4.95. The highest BCUT2D eigenvalue weighted by Crippen LogP contribution is 2.43. The van der Waals surface area contributed by atoms with Crippen LogP contribution >= 0.6 is 0 Å². The van der Waals surface area contributed by atoms with Crippen molar-refractivity contribution in [3.05, 3.63) is 78.0 Å². The minimum absolute atomic E-state index is 0.119. The zero-order chi connectivity index (χ0) is 24.9. The molecule has 3 aliphatic heterocycles. The SMILES string of the molecule is Cn1cc([C@H]2Nc3ccccc3C(=O)N2c2ccc3c(c2)OCO3)c(-c2ccc3c(c2)OCCCO3)n1. The molecule has 0 fully saturated rings. The molecule has 1 amide bonds. The van der Waals surface area contributed by atoms with Crippen LogP contribution in [0, 0.1) is 0 Å². The molecule has 0 aliphatic carbocycles. The summed E-state index contributed by atoms with van der Waals surface area (Å²) in [6.07, 6.45) is 2.25. The van der Waals surface area contributed by atoms with Gasteiger partial charge in [0.05, 0.1) is 30.2 Å². The molecule has 0 radical (unpaired) electrons. The van der Waals surface area contributed by atoms with E-state index in [1.165, 1.54) is 0 Å². The number of ether oxygens (including phenoxy) is 4. The molecule has 4 aromatic rings. The summed E-state index contributed by atoms with van der Waals surface area (Å²) in [6.45, 7) is 1.38. The predicted molar refractivity (Wildman–Crippen MR) is 136 cm³/mol. The van der Waals surface area contributed by atoms with Crippen molar-refractivity contribution in [2.75, 3.05) is 30.2 Å². The van der Waals surface area contributed by atoms with Gasteiger partial charge < -0.3 is 24.3 Å². The summed E-state index contributed by atoms with van der Waals surface area (Å²) in [5.74, 6) is 2.56. The average molecular weight is 497 g/mol. The maximum atomic E-state index is 13.9. The Morgan fingerprint density at radius 2 is 1.65 bits per heavy atom. The molecular weight excluding hydrogens is 472 g/mol. The van der Waals surface area contributed by atoms with Crippen LogP contribution in [-0.2, 0) is 7.05 Å². The molecule has 9 heteroatoms. The third kappa shape index (κ3) is 3.62. The Balaban J connectivity index is 1.37. The van der Waals surface area contributed by atoms with Gasteiger partial charge in [-0.2, -0.15) is 5.10 Å². The van der Waals surface area contributed by atoms with E-state index >= 15 is 0 Å². The smallest absolute Gasteiger partial charge is 0.262 e. The van der Waals surface area contributed by atoms with Crippen LogP contribution in [0.5, 0.6) is 23.0 Å². The maximum Gasteiger partial charge on any atom is 0.262 e. The van der Waals surface area contributed by atoms with Crippen LogP contribution < -0.4 is 29.2 Å². The van der Waals surface area contributed by atoms with Gasteiger partial charge in [0, 0.05) is 42.5 Å². The zero-order valence-electron chi connectivity index (χ0n) is 20.1. The van der Waals surface area contributed by atoms with Crippen molar-refractivity contribution in [3.63, 3.8) is 0 Å². The van der Waals surface area contributed by atoms with Crippen LogP contribution in [0.3, 0.4) is 0 Å². The fraction of sp³-hybridized carbons (Fsp3) is 0.214. The quantitative estimate of drug-likeness (QED) is 0.438. The number of carbonyl (C=O) groups is 1. The van der Waals surface area contributed by atoms with E-state index in [0.717, 1.165) is 34.7 Å². The van der Waals surface area contributed by atoms with Gasteiger partial charge in [-0.25, -0.2) is 0 Å². The van der Waals surface area contributed by atoms with E-state index < -0.39 is 6.17 Å². The lowest BCUT2D eigenvalue weighted by Gasteiger charge is -2.38. The first-order valence-corrected chi connectivity index (χ1v) is 12.2. The third-order valence-electron chi connectivity index (χ3n) is 6.73. The summed E-state index contributed by atoms with van der Waals surface area (Å²) in [5, 5.41) is 8.37. The van der Waals surface area contributed by atoms with Gasteiger partial charge in [-0.15, -0.1) is 0 Å². The van der Waals surface area contributed by atoms with Crippen LogP contribution in [0.1, 0.15) is 28.5 Å². The monoisotopic (exact) mass is 496 g/mol. The number of amides is 1. The second-order valence-electron chi connectivity index (χ2n) is 9.12. The molecule has 1 atom stereocenters. The summed E-state index contributed by atoms with van der Waals surface area (Å²) in [7, 11) is 1.87. The number of benzene rings is 3. The Bertz CT molecular complexity index is 1530. The van der Waals surface area contributed by atoms with Crippen molar-refractivity contribution >= 4 is 17.3 Å². The second kappa shape index (κ2) is 8.48. The number of carbonyl (C=O) groups excluding carboxylic acids is 1. The number of nitrogens with zero attached hydrogens (tertiary/aromatic N) is 3. The Morgan fingerprint density at radius 1 is 0.892 bits per heavy atom. The normalized spacial score (nSPS) is 17.7. The van der Waals surface area contributed by atoms with Crippen molar-refractivity contribution in [1.29, 1.82) is 0 Å². The van der Waals surface area contributed by atoms with E-state index in [0.29, 0.717) is 41.7 Å². The fourth-order valence-electron chi connectivity index (χ4n) is 5.01. The molecule has 186 valence electrons. The average Bonchev–Trinajstić information content (AvgIpc) is 3.47. The van der Waals surface area contributed by atoms with Crippen LogP contribution in [0.2, 0.25) is 0 Å². The van der Waals surface area contributed by atoms with E-state index in [4.69, 9.17) is 24.0 Å². The van der Waals surface area contributed by atoms with Crippen LogP contribution in [0.25, 0.3) is 11.3 Å². The van der Waals surface area contributed by atoms with Gasteiger partial charge in [-0.05, 0) is 42.5 Å². The fourth-order valence-corrected chi connectivity index (χ4v) is 5.01. The number of rotatable bonds is 3. The van der Waals surface area contributed by atoms with Gasteiger partial charge in [0.2, 0.25) is 6.79 Å². The zero-order valence-corrected chi connectivity index (χ0v) is 20.1. The van der Waals surface area contributed by atoms with Gasteiger partial charge in [0.25, 0.3) is 5.91 Å². The molecule has 1 aromatic heterocycles. The molecule has 0 unspecified atom stereocenters. The topological polar surface area (TPSA) is 87.1 Å². The molecule has 1 N–H and O–H groups in total. The first-order chi connectivity index (χ1) is 18.2. The predicted octanol–water partition coefficient (Wildman–Crippen LogP) is 4.75. The summed E-state index contributed by atoms with van der Waals surface area (Å²) < 4.78 is 24.6. The maximum absolute atomic E-state index is 13.9. The number of anilines is 2. The minimum Gasteiger partial charge on any atom is -0.490 e. The van der Waals surface area contributed by atoms with Gasteiger partial charge in [-0.3, -0.25) is 14.4 Å². The number of fused-ring (bicyclic) bond motifs is 3. The van der Waals surface area contributed by atoms with Crippen molar-refractivity contribution in [2.24, 2.45) is 7.05 Å². The third-order valence-corrected chi connectivity index (χ3v) is 6.73. The van der Waals surface area contributed by atoms with Crippen molar-refractivity contribution in [1.82, 2.24) is 9.78 Å². The largest absolute Gasteiger partial charge is 0.490 e. The van der Waals surface area contributed by atoms with Crippen molar-refractivity contribution < 1.29 is 23.7 Å². The Morgan fingerprint density at radius 3 is 2.57 bits per heavy atom. The first kappa shape index (κ1) is 21.6. The summed E-state index contributed by atoms with van der Waals surface area (Å²) in [6, 6.07) is 18.9. The lowest BCUT2D eigenvalue weighted by molar-refractivity contribution is 0.0975. The van der Waals surface area contributed by atoms with Gasteiger partial charge in [0.15, 0.2) is 23.0 Å². The number of aryl methyl sites for hydroxylation is 1. The second-order valence-corrected chi connectivity index (χ2v) is 9.12. The molecule has 0 saturated heterocycles. The highest BCUT2D eigenvalue weighted by Gasteiger charge is 2.37. The summed E-state index contributed by atoms with van der Waals surface area (Å²) in [5.41, 5.74) is 4.51. The Hall–Kier alpha value is -4.66. The number of para-hydroxylation sites is 1. The summed E-state index contributed by atoms with van der Waals surface area (Å²) in [4.78, 5) is 15.7. The van der Waals surface area contributed by atoms with Crippen molar-refractivity contribution in [3.8, 4) is 34.3 Å². The van der Waals surface area contributed by atoms with E-state index in [2.05, 4.69) is 5.32 Å². The first-order valence-electron chi connectivity index (χ1n) is 12.2. The van der Waals surface area contributed by atoms with E-state index in [9.17, 15) is 4.79 Å². The van der Waals surface area contributed by atoms with Crippen LogP contribution in [0.4, 0.5) is 11.4 Å². The lowest BCUT2D eigenvalue weighted by atomic mass is 10.00. The van der Waals surface area contributed by atoms with Gasteiger partial charge in [0.1, 0.15) is 6.17 Å². The van der Waals surface area contributed by atoms with Gasteiger partial charge in [-0.1, -0.05) is 12.1 Å². The molecule has 7 rings (SSSR count). The minimum atomic E-state index is -0.526. The molecule has 0 spiro atoms. The van der Waals surface area contributed by atoms with E-state index in [-0.39, 0.29) is 12.7 Å². The molecule has 3 aromatic carbocycles. The number of nitrogens with one attached hydrogen (secondary N) is 1. The Labute approximate surface area is 213 Å². The standard InChI is InChI=1S/C28H24N4O5/c1-31-15-20(26(30-31)17-7-9-22-24(13-17)35-12-4-11-34-22)27-29-21-6-3-2-5-19(21)28(33)32(27)18-8-10-23-25(14-18)37-16-36-23/h2-3,5-10,13-15,27,29H,4,11-12,16H2,1H3/t27-/m0/s1. The lowest BCUT2D eigenvalue weighted by Crippen LogP contribution is -2.43. The molecular formula is C28H24N4O5. The highest BCUT2D eigenvalue weighted by atomic mass is 16.7. The number of aromatic nitrogens is 2. The molecule has 9 nitrogen and oxygen atoms in total. The molecule has 0 bridgehead atoms. The number of hydrogen-bond acceptors (Lipinski definition) is 7. The molecule has 0 saturated carbocycles.